The Hall–Kier alpha value is -0.750. The first kappa shape index (κ1) is 15.6. The van der Waals surface area contributed by atoms with Gasteiger partial charge in [0.25, 0.3) is 5.91 Å². The number of anilines is 1. The zero-order valence-electron chi connectivity index (χ0n) is 9.75. The van der Waals surface area contributed by atoms with Gasteiger partial charge in [0, 0.05) is 8.95 Å². The summed E-state index contributed by atoms with van der Waals surface area (Å²) in [6.45, 7) is 0. The highest BCUT2D eigenvalue weighted by Crippen LogP contribution is 2.34. The van der Waals surface area contributed by atoms with Gasteiger partial charge in [0.1, 0.15) is 5.75 Å². The minimum Gasteiger partial charge on any atom is -0.507 e. The number of amides is 1. The molecule has 0 unspecified atom stereocenters. The number of aromatic hydroxyl groups is 1. The minimum absolute atomic E-state index is 0.128. The van der Waals surface area contributed by atoms with Gasteiger partial charge in [-0.1, -0.05) is 55.1 Å². The summed E-state index contributed by atoms with van der Waals surface area (Å²) in [5, 5.41) is 12.9. The van der Waals surface area contributed by atoms with E-state index in [1.807, 2.05) is 0 Å². The second-order valence-corrected chi connectivity index (χ2v) is 6.51. The largest absolute Gasteiger partial charge is 0.507 e. The number of phenolic OH excluding ortho intramolecular Hbond substituents is 1. The smallest absolute Gasteiger partial charge is 0.259 e. The first-order valence-electron chi connectivity index (χ1n) is 5.33. The van der Waals surface area contributed by atoms with Crippen molar-refractivity contribution in [2.24, 2.45) is 0 Å². The number of carbonyl (C=O) groups excluding carboxylic acids is 1. The second-order valence-electron chi connectivity index (χ2n) is 3.86. The van der Waals surface area contributed by atoms with E-state index in [-0.39, 0.29) is 11.3 Å². The van der Waals surface area contributed by atoms with Crippen molar-refractivity contribution in [2.45, 2.75) is 0 Å². The van der Waals surface area contributed by atoms with Crippen LogP contribution in [0.3, 0.4) is 0 Å². The van der Waals surface area contributed by atoms with Gasteiger partial charge in [0.2, 0.25) is 0 Å². The summed E-state index contributed by atoms with van der Waals surface area (Å²) in [6.07, 6.45) is 0. The van der Waals surface area contributed by atoms with Crippen molar-refractivity contribution in [3.63, 3.8) is 0 Å². The fraction of sp³-hybridized carbons (Fsp3) is 0. The Morgan fingerprint density at radius 3 is 2.20 bits per heavy atom. The van der Waals surface area contributed by atoms with Crippen LogP contribution in [0.25, 0.3) is 0 Å². The molecule has 0 atom stereocenters. The molecule has 0 spiro atoms. The van der Waals surface area contributed by atoms with Gasteiger partial charge in [0.05, 0.1) is 21.3 Å². The summed E-state index contributed by atoms with van der Waals surface area (Å²) in [5.74, 6) is -0.637. The molecule has 2 rings (SSSR count). The molecule has 3 nitrogen and oxygen atoms in total. The molecule has 1 amide bonds. The Balaban J connectivity index is 2.33. The zero-order valence-corrected chi connectivity index (χ0v) is 14.4. The Morgan fingerprint density at radius 1 is 1.05 bits per heavy atom. The normalized spacial score (nSPS) is 10.4. The number of carbonyl (C=O) groups is 1. The Labute approximate surface area is 142 Å². The molecule has 0 saturated heterocycles. The lowest BCUT2D eigenvalue weighted by Crippen LogP contribution is -2.12. The number of nitrogens with one attached hydrogen (secondary N) is 1. The van der Waals surface area contributed by atoms with Crippen molar-refractivity contribution in [3.8, 4) is 5.75 Å². The lowest BCUT2D eigenvalue weighted by molar-refractivity contribution is 0.102. The van der Waals surface area contributed by atoms with Crippen LogP contribution in [-0.2, 0) is 0 Å². The summed E-state index contributed by atoms with van der Waals surface area (Å²) in [7, 11) is 0. The maximum absolute atomic E-state index is 12.1. The van der Waals surface area contributed by atoms with Crippen molar-refractivity contribution >= 4 is 66.7 Å². The van der Waals surface area contributed by atoms with Crippen LogP contribution in [0.5, 0.6) is 5.75 Å². The van der Waals surface area contributed by atoms with Gasteiger partial charge in [-0.25, -0.2) is 0 Å². The van der Waals surface area contributed by atoms with Crippen molar-refractivity contribution in [1.82, 2.24) is 0 Å². The van der Waals surface area contributed by atoms with Crippen LogP contribution in [0.4, 0.5) is 5.69 Å². The van der Waals surface area contributed by atoms with Crippen molar-refractivity contribution < 1.29 is 9.90 Å². The van der Waals surface area contributed by atoms with Gasteiger partial charge >= 0.3 is 0 Å². The summed E-state index contributed by atoms with van der Waals surface area (Å²) in [6, 6.07) is 7.81. The predicted octanol–water partition coefficient (Wildman–Crippen LogP) is 5.48. The third-order valence-corrected chi connectivity index (χ3v) is 4.00. The van der Waals surface area contributed by atoms with Gasteiger partial charge in [-0.3, -0.25) is 4.79 Å². The van der Waals surface area contributed by atoms with Crippen LogP contribution in [-0.4, -0.2) is 11.0 Å². The van der Waals surface area contributed by atoms with Gasteiger partial charge in [-0.15, -0.1) is 0 Å². The Kier molecular flexibility index (Phi) is 4.96. The maximum Gasteiger partial charge on any atom is 0.259 e. The van der Waals surface area contributed by atoms with E-state index in [9.17, 15) is 9.90 Å². The van der Waals surface area contributed by atoms with E-state index < -0.39 is 5.91 Å². The molecule has 0 aliphatic carbocycles. The fourth-order valence-corrected chi connectivity index (χ4v) is 3.19. The predicted molar refractivity (Wildman–Crippen MR) is 87.9 cm³/mol. The molecule has 0 saturated carbocycles. The number of halogens is 4. The zero-order chi connectivity index (χ0) is 14.9. The van der Waals surface area contributed by atoms with Crippen LogP contribution >= 0.6 is 55.1 Å². The standard InChI is InChI=1S/C13H7Br2Cl2NO2/c14-6-1-2-8(11(19)5-6)13(20)18-12-9(16)3-7(15)4-10(12)17/h1-5,19H,(H,18,20). The maximum atomic E-state index is 12.1. The van der Waals surface area contributed by atoms with Crippen LogP contribution in [0.2, 0.25) is 10.0 Å². The molecular formula is C13H7Br2Cl2NO2. The van der Waals surface area contributed by atoms with E-state index in [2.05, 4.69) is 37.2 Å². The lowest BCUT2D eigenvalue weighted by Gasteiger charge is -2.11. The second kappa shape index (κ2) is 6.35. The molecule has 7 heteroatoms. The molecule has 0 aromatic heterocycles. The van der Waals surface area contributed by atoms with E-state index in [0.717, 1.165) is 0 Å². The number of benzene rings is 2. The van der Waals surface area contributed by atoms with E-state index >= 15 is 0 Å². The fourth-order valence-electron chi connectivity index (χ4n) is 1.54. The number of rotatable bonds is 2. The van der Waals surface area contributed by atoms with Gasteiger partial charge in [0.15, 0.2) is 0 Å². The monoisotopic (exact) mass is 437 g/mol. The minimum atomic E-state index is -0.499. The molecule has 0 fully saturated rings. The number of phenols is 1. The molecule has 2 aromatic rings. The number of hydrogen-bond acceptors (Lipinski definition) is 2. The average molecular weight is 440 g/mol. The van der Waals surface area contributed by atoms with Gasteiger partial charge in [-0.05, 0) is 30.3 Å². The summed E-state index contributed by atoms with van der Waals surface area (Å²) in [5.41, 5.74) is 0.423. The topological polar surface area (TPSA) is 49.3 Å². The first-order valence-corrected chi connectivity index (χ1v) is 7.67. The highest BCUT2D eigenvalue weighted by Gasteiger charge is 2.15. The highest BCUT2D eigenvalue weighted by molar-refractivity contribution is 9.10. The molecule has 0 aliphatic rings. The third kappa shape index (κ3) is 3.47. The van der Waals surface area contributed by atoms with E-state index in [4.69, 9.17) is 23.2 Å². The molecule has 0 radical (unpaired) electrons. The molecule has 2 N–H and O–H groups in total. The quantitative estimate of drug-likeness (QED) is 0.651. The Bertz CT molecular complexity index is 669. The van der Waals surface area contributed by atoms with E-state index in [0.29, 0.717) is 24.7 Å². The third-order valence-electron chi connectivity index (χ3n) is 2.45. The van der Waals surface area contributed by atoms with Crippen LogP contribution in [0.1, 0.15) is 10.4 Å². The van der Waals surface area contributed by atoms with E-state index in [1.54, 1.807) is 18.2 Å². The number of hydrogen-bond donors (Lipinski definition) is 2. The van der Waals surface area contributed by atoms with Crippen molar-refractivity contribution in [2.75, 3.05) is 5.32 Å². The van der Waals surface area contributed by atoms with Crippen molar-refractivity contribution in [3.05, 3.63) is 54.9 Å². The molecule has 104 valence electrons. The molecule has 0 heterocycles. The average Bonchev–Trinajstić information content (AvgIpc) is 2.33. The van der Waals surface area contributed by atoms with Crippen LogP contribution in [0, 0.1) is 0 Å². The lowest BCUT2D eigenvalue weighted by atomic mass is 10.2. The summed E-state index contributed by atoms with van der Waals surface area (Å²) < 4.78 is 1.38. The molecule has 0 bridgehead atoms. The first-order chi connectivity index (χ1) is 9.38. The van der Waals surface area contributed by atoms with Crippen LogP contribution < -0.4 is 5.32 Å². The Morgan fingerprint density at radius 2 is 1.65 bits per heavy atom. The molecule has 2 aromatic carbocycles. The van der Waals surface area contributed by atoms with E-state index in [1.165, 1.54) is 12.1 Å². The van der Waals surface area contributed by atoms with Gasteiger partial charge < -0.3 is 10.4 Å². The summed E-state index contributed by atoms with van der Waals surface area (Å²) in [4.78, 5) is 12.1. The molecule has 20 heavy (non-hydrogen) atoms. The highest BCUT2D eigenvalue weighted by atomic mass is 79.9. The molecular weight excluding hydrogens is 433 g/mol. The summed E-state index contributed by atoms with van der Waals surface area (Å²) >= 11 is 18.5. The molecule has 0 aliphatic heterocycles. The van der Waals surface area contributed by atoms with Gasteiger partial charge in [-0.2, -0.15) is 0 Å². The van der Waals surface area contributed by atoms with Crippen molar-refractivity contribution in [1.29, 1.82) is 0 Å². The van der Waals surface area contributed by atoms with Crippen LogP contribution in [0.15, 0.2) is 39.3 Å². The SMILES string of the molecule is O=C(Nc1c(Cl)cc(Br)cc1Cl)c1ccc(Br)cc1O.